The summed E-state index contributed by atoms with van der Waals surface area (Å²) in [6.45, 7) is 0. The fraction of sp³-hybridized carbons (Fsp3) is 0.278. The standard InChI is InChI=1S/C18H19NO3/c1-22-16-11-5-9-14(17(16)20)18(21)19-15-10-4-7-12-6-2-3-8-13(12)15/h2-3,5-6,8-9,11,15,20H,4,7,10H2,1H3,(H,19,21)/t15-/m1/s1. The molecule has 0 aromatic heterocycles. The number of amides is 1. The van der Waals surface area contributed by atoms with E-state index in [0.29, 0.717) is 5.75 Å². The van der Waals surface area contributed by atoms with Crippen molar-refractivity contribution >= 4 is 5.91 Å². The van der Waals surface area contributed by atoms with Crippen LogP contribution in [0.1, 0.15) is 40.4 Å². The van der Waals surface area contributed by atoms with Crippen LogP contribution in [0.15, 0.2) is 42.5 Å². The molecule has 1 aliphatic rings. The molecule has 0 bridgehead atoms. The van der Waals surface area contributed by atoms with E-state index >= 15 is 0 Å². The SMILES string of the molecule is COc1cccc(C(=O)N[C@@H]2CCCc3ccccc32)c1O. The van der Waals surface area contributed by atoms with E-state index in [1.165, 1.54) is 18.2 Å². The van der Waals surface area contributed by atoms with Crippen LogP contribution in [0.5, 0.6) is 11.5 Å². The highest BCUT2D eigenvalue weighted by Gasteiger charge is 2.23. The Morgan fingerprint density at radius 2 is 2.05 bits per heavy atom. The van der Waals surface area contributed by atoms with E-state index in [0.717, 1.165) is 19.3 Å². The van der Waals surface area contributed by atoms with Gasteiger partial charge in [-0.25, -0.2) is 0 Å². The molecule has 114 valence electrons. The molecule has 3 rings (SSSR count). The molecule has 0 saturated carbocycles. The van der Waals surface area contributed by atoms with Gasteiger partial charge < -0.3 is 15.2 Å². The number of rotatable bonds is 3. The number of phenols is 1. The van der Waals surface area contributed by atoms with Gasteiger partial charge in [0.2, 0.25) is 0 Å². The van der Waals surface area contributed by atoms with Crippen LogP contribution in [0.3, 0.4) is 0 Å². The second-order valence-electron chi connectivity index (χ2n) is 5.47. The first kappa shape index (κ1) is 14.4. The Bertz CT molecular complexity index is 696. The van der Waals surface area contributed by atoms with E-state index in [1.807, 2.05) is 12.1 Å². The lowest BCUT2D eigenvalue weighted by molar-refractivity contribution is 0.0929. The molecular formula is C18H19NO3. The Morgan fingerprint density at radius 3 is 2.86 bits per heavy atom. The summed E-state index contributed by atoms with van der Waals surface area (Å²) in [7, 11) is 1.47. The van der Waals surface area contributed by atoms with Crippen LogP contribution in [-0.2, 0) is 6.42 Å². The van der Waals surface area contributed by atoms with Crippen molar-refractivity contribution in [1.82, 2.24) is 5.32 Å². The van der Waals surface area contributed by atoms with E-state index in [2.05, 4.69) is 17.4 Å². The molecule has 0 spiro atoms. The van der Waals surface area contributed by atoms with Gasteiger partial charge in [0.05, 0.1) is 18.7 Å². The van der Waals surface area contributed by atoms with Gasteiger partial charge in [0.1, 0.15) is 0 Å². The van der Waals surface area contributed by atoms with Crippen molar-refractivity contribution in [2.24, 2.45) is 0 Å². The normalized spacial score (nSPS) is 16.7. The van der Waals surface area contributed by atoms with Crippen molar-refractivity contribution in [3.63, 3.8) is 0 Å². The van der Waals surface area contributed by atoms with Gasteiger partial charge in [-0.3, -0.25) is 4.79 Å². The van der Waals surface area contributed by atoms with Crippen LogP contribution in [0.2, 0.25) is 0 Å². The summed E-state index contributed by atoms with van der Waals surface area (Å²) >= 11 is 0. The second-order valence-corrected chi connectivity index (χ2v) is 5.47. The monoisotopic (exact) mass is 297 g/mol. The number of aryl methyl sites for hydroxylation is 1. The highest BCUT2D eigenvalue weighted by molar-refractivity contribution is 5.97. The third kappa shape index (κ3) is 2.64. The van der Waals surface area contributed by atoms with Crippen molar-refractivity contribution in [1.29, 1.82) is 0 Å². The minimum atomic E-state index is -0.280. The number of carbonyl (C=O) groups excluding carboxylic acids is 1. The highest BCUT2D eigenvalue weighted by atomic mass is 16.5. The molecule has 2 aromatic carbocycles. The molecule has 4 heteroatoms. The molecule has 1 amide bonds. The van der Waals surface area contributed by atoms with Gasteiger partial charge in [-0.2, -0.15) is 0 Å². The number of para-hydroxylation sites is 1. The molecule has 0 aliphatic heterocycles. The van der Waals surface area contributed by atoms with Crippen molar-refractivity contribution in [2.45, 2.75) is 25.3 Å². The van der Waals surface area contributed by atoms with Crippen molar-refractivity contribution in [3.8, 4) is 11.5 Å². The lowest BCUT2D eigenvalue weighted by Gasteiger charge is -2.26. The summed E-state index contributed by atoms with van der Waals surface area (Å²) in [6, 6.07) is 13.1. The first-order chi connectivity index (χ1) is 10.7. The number of hydrogen-bond acceptors (Lipinski definition) is 3. The molecule has 4 nitrogen and oxygen atoms in total. The van der Waals surface area contributed by atoms with Crippen LogP contribution in [0.4, 0.5) is 0 Å². The van der Waals surface area contributed by atoms with Crippen LogP contribution in [0.25, 0.3) is 0 Å². The summed E-state index contributed by atoms with van der Waals surface area (Å²) < 4.78 is 5.05. The highest BCUT2D eigenvalue weighted by Crippen LogP contribution is 2.32. The Balaban J connectivity index is 1.84. The molecule has 0 radical (unpaired) electrons. The molecule has 0 fully saturated rings. The number of ether oxygens (including phenoxy) is 1. The fourth-order valence-corrected chi connectivity index (χ4v) is 3.01. The number of aromatic hydroxyl groups is 1. The number of carbonyl (C=O) groups is 1. The van der Waals surface area contributed by atoms with Crippen LogP contribution >= 0.6 is 0 Å². The van der Waals surface area contributed by atoms with Gasteiger partial charge in [0.15, 0.2) is 11.5 Å². The number of fused-ring (bicyclic) bond motifs is 1. The first-order valence-corrected chi connectivity index (χ1v) is 7.45. The summed E-state index contributed by atoms with van der Waals surface area (Å²) in [4.78, 5) is 12.5. The number of hydrogen-bond donors (Lipinski definition) is 2. The maximum Gasteiger partial charge on any atom is 0.255 e. The van der Waals surface area contributed by atoms with E-state index in [9.17, 15) is 9.90 Å². The topological polar surface area (TPSA) is 58.6 Å². The van der Waals surface area contributed by atoms with E-state index in [1.54, 1.807) is 18.2 Å². The smallest absolute Gasteiger partial charge is 0.255 e. The molecular weight excluding hydrogens is 278 g/mol. The molecule has 1 atom stereocenters. The van der Waals surface area contributed by atoms with E-state index < -0.39 is 0 Å². The van der Waals surface area contributed by atoms with Crippen LogP contribution < -0.4 is 10.1 Å². The van der Waals surface area contributed by atoms with Crippen LogP contribution in [0, 0.1) is 0 Å². The maximum absolute atomic E-state index is 12.5. The minimum absolute atomic E-state index is 0.0111. The molecule has 1 aliphatic carbocycles. The molecule has 2 aromatic rings. The van der Waals surface area contributed by atoms with Gasteiger partial charge in [-0.05, 0) is 42.5 Å². The molecule has 2 N–H and O–H groups in total. The summed E-state index contributed by atoms with van der Waals surface area (Å²) in [5.41, 5.74) is 2.70. The largest absolute Gasteiger partial charge is 0.504 e. The van der Waals surface area contributed by atoms with Gasteiger partial charge in [-0.15, -0.1) is 0 Å². The summed E-state index contributed by atoms with van der Waals surface area (Å²) in [5, 5.41) is 13.1. The van der Waals surface area contributed by atoms with Crippen molar-refractivity contribution in [2.75, 3.05) is 7.11 Å². The van der Waals surface area contributed by atoms with Gasteiger partial charge in [0, 0.05) is 0 Å². The second kappa shape index (κ2) is 6.10. The lowest BCUT2D eigenvalue weighted by atomic mass is 9.87. The van der Waals surface area contributed by atoms with E-state index in [-0.39, 0.29) is 23.3 Å². The zero-order valence-electron chi connectivity index (χ0n) is 12.5. The number of benzene rings is 2. The molecule has 0 saturated heterocycles. The fourth-order valence-electron chi connectivity index (χ4n) is 3.01. The first-order valence-electron chi connectivity index (χ1n) is 7.45. The van der Waals surface area contributed by atoms with Crippen LogP contribution in [-0.4, -0.2) is 18.1 Å². The van der Waals surface area contributed by atoms with Gasteiger partial charge >= 0.3 is 0 Å². The third-order valence-electron chi connectivity index (χ3n) is 4.14. The third-order valence-corrected chi connectivity index (χ3v) is 4.14. The number of methoxy groups -OCH3 is 1. The Morgan fingerprint density at radius 1 is 1.23 bits per heavy atom. The van der Waals surface area contributed by atoms with E-state index in [4.69, 9.17) is 4.74 Å². The van der Waals surface area contributed by atoms with Gasteiger partial charge in [0.25, 0.3) is 5.91 Å². The lowest BCUT2D eigenvalue weighted by Crippen LogP contribution is -2.31. The minimum Gasteiger partial charge on any atom is -0.504 e. The molecule has 0 heterocycles. The number of nitrogens with one attached hydrogen (secondary N) is 1. The molecule has 22 heavy (non-hydrogen) atoms. The van der Waals surface area contributed by atoms with Gasteiger partial charge in [-0.1, -0.05) is 30.3 Å². The molecule has 0 unspecified atom stereocenters. The zero-order chi connectivity index (χ0) is 15.5. The maximum atomic E-state index is 12.5. The predicted octanol–water partition coefficient (Wildman–Crippen LogP) is 3.21. The number of phenolic OH excluding ortho intramolecular Hbond substituents is 1. The van der Waals surface area contributed by atoms with Crippen molar-refractivity contribution in [3.05, 3.63) is 59.2 Å². The Labute approximate surface area is 129 Å². The summed E-state index contributed by atoms with van der Waals surface area (Å²) in [6.07, 6.45) is 3.01. The van der Waals surface area contributed by atoms with Crippen molar-refractivity contribution < 1.29 is 14.6 Å². The summed E-state index contributed by atoms with van der Waals surface area (Å²) in [5.74, 6) is -0.0959. The Kier molecular flexibility index (Phi) is 4.00. The average Bonchev–Trinajstić information content (AvgIpc) is 2.55. The predicted molar refractivity (Wildman–Crippen MR) is 84.2 cm³/mol. The zero-order valence-corrected chi connectivity index (χ0v) is 12.5. The quantitative estimate of drug-likeness (QED) is 0.914. The Hall–Kier alpha value is -2.49. The average molecular weight is 297 g/mol.